The van der Waals surface area contributed by atoms with Gasteiger partial charge in [0.15, 0.2) is 0 Å². The number of carbonyl (C=O) groups excluding carboxylic acids is 3. The van der Waals surface area contributed by atoms with Crippen molar-refractivity contribution in [3.05, 3.63) is 0 Å². The molecule has 4 aliphatic rings. The molecule has 0 bridgehead atoms. The highest BCUT2D eigenvalue weighted by molar-refractivity contribution is 5.96. The second kappa shape index (κ2) is 9.94. The van der Waals surface area contributed by atoms with E-state index in [-0.39, 0.29) is 17.7 Å². The number of nitrogens with zero attached hydrogens (tertiary/aromatic N) is 3. The van der Waals surface area contributed by atoms with Crippen LogP contribution in [0.3, 0.4) is 0 Å². The Kier molecular flexibility index (Phi) is 7.30. The third kappa shape index (κ3) is 5.56. The van der Waals surface area contributed by atoms with Gasteiger partial charge in [0.2, 0.25) is 11.8 Å². The van der Waals surface area contributed by atoms with Gasteiger partial charge in [-0.15, -0.1) is 0 Å². The van der Waals surface area contributed by atoms with E-state index in [0.717, 1.165) is 19.3 Å². The summed E-state index contributed by atoms with van der Waals surface area (Å²) in [6.07, 6.45) is 4.32. The van der Waals surface area contributed by atoms with Gasteiger partial charge < -0.3 is 20.1 Å². The van der Waals surface area contributed by atoms with Gasteiger partial charge >= 0.3 is 6.09 Å². The fourth-order valence-corrected chi connectivity index (χ4v) is 5.77. The predicted octanol–water partition coefficient (Wildman–Crippen LogP) is 1.48. The molecule has 3 heterocycles. The maximum absolute atomic E-state index is 13.8. The van der Waals surface area contributed by atoms with Crippen molar-refractivity contribution in [3.8, 4) is 6.07 Å². The normalized spacial score (nSPS) is 30.4. The smallest absolute Gasteiger partial charge is 0.411 e. The minimum absolute atomic E-state index is 0.0978. The molecule has 0 radical (unpaired) electrons. The number of hydrogen-bond acceptors (Lipinski definition) is 7. The number of ether oxygens (including phenoxy) is 1. The fraction of sp³-hybridized carbons (Fsp3) is 0.840. The van der Waals surface area contributed by atoms with E-state index in [4.69, 9.17) is 4.74 Å². The molecule has 1 spiro atoms. The van der Waals surface area contributed by atoms with Crippen LogP contribution in [0.4, 0.5) is 4.79 Å². The largest absolute Gasteiger partial charge is 0.444 e. The van der Waals surface area contributed by atoms with Crippen molar-refractivity contribution >= 4 is 17.9 Å². The zero-order valence-electron chi connectivity index (χ0n) is 21.1. The third-order valence-corrected chi connectivity index (χ3v) is 7.79. The second-order valence-corrected chi connectivity index (χ2v) is 11.6. The lowest BCUT2D eigenvalue weighted by molar-refractivity contribution is -0.143. The van der Waals surface area contributed by atoms with Gasteiger partial charge in [-0.3, -0.25) is 19.8 Å². The number of aliphatic hydroxyl groups excluding tert-OH is 1. The van der Waals surface area contributed by atoms with Crippen LogP contribution in [0.2, 0.25) is 0 Å². The number of rotatable bonds is 7. The van der Waals surface area contributed by atoms with Gasteiger partial charge in [-0.05, 0) is 71.8 Å². The molecule has 4 fully saturated rings. The van der Waals surface area contributed by atoms with Gasteiger partial charge in [0.05, 0.1) is 6.07 Å². The number of carbonyl (C=O) groups is 3. The van der Waals surface area contributed by atoms with Crippen LogP contribution in [0.25, 0.3) is 0 Å². The topological polar surface area (TPSA) is 135 Å². The zero-order valence-corrected chi connectivity index (χ0v) is 21.1. The molecule has 35 heavy (non-hydrogen) atoms. The van der Waals surface area contributed by atoms with Gasteiger partial charge in [-0.2, -0.15) is 5.26 Å². The standard InChI is InChI=1S/C25H39N5O5/c1-24(2,3)35-23(34)30-11-4-8-25(30)9-12-29(22(25)33)19(13-16-5-6-16)21(32)28-18(15-26)14-17-7-10-27-20(17)31/h16-20,27,31H,4-14H2,1-3H3,(H,28,32)/t17-,18-,19-,20?,25?/m0/s1. The molecule has 10 nitrogen and oxygen atoms in total. The molecule has 0 aromatic carbocycles. The maximum atomic E-state index is 13.8. The van der Waals surface area contributed by atoms with Gasteiger partial charge in [0.1, 0.15) is 29.5 Å². The van der Waals surface area contributed by atoms with Crippen molar-refractivity contribution in [2.75, 3.05) is 19.6 Å². The van der Waals surface area contributed by atoms with Crippen molar-refractivity contribution < 1.29 is 24.2 Å². The molecule has 3 amide bonds. The molecule has 10 heteroatoms. The third-order valence-electron chi connectivity index (χ3n) is 7.79. The van der Waals surface area contributed by atoms with Crippen LogP contribution in [-0.2, 0) is 14.3 Å². The predicted molar refractivity (Wildman–Crippen MR) is 127 cm³/mol. The molecule has 3 saturated heterocycles. The maximum Gasteiger partial charge on any atom is 0.411 e. The van der Waals surface area contributed by atoms with Crippen LogP contribution in [0.1, 0.15) is 72.1 Å². The highest BCUT2D eigenvalue weighted by Gasteiger charge is 2.58. The van der Waals surface area contributed by atoms with E-state index in [1.54, 1.807) is 30.6 Å². The molecule has 3 N–H and O–H groups in total. The van der Waals surface area contributed by atoms with Crippen LogP contribution < -0.4 is 10.6 Å². The number of aliphatic hydroxyl groups is 1. The quantitative estimate of drug-likeness (QED) is 0.493. The summed E-state index contributed by atoms with van der Waals surface area (Å²) in [6.45, 7) is 6.95. The summed E-state index contributed by atoms with van der Waals surface area (Å²) in [5.41, 5.74) is -1.62. The number of nitrogens with one attached hydrogen (secondary N) is 2. The monoisotopic (exact) mass is 489 g/mol. The Morgan fingerprint density at radius 1 is 1.26 bits per heavy atom. The molecule has 2 unspecified atom stereocenters. The zero-order chi connectivity index (χ0) is 25.4. The van der Waals surface area contributed by atoms with Crippen molar-refractivity contribution in [1.82, 2.24) is 20.4 Å². The summed E-state index contributed by atoms with van der Waals surface area (Å²) >= 11 is 0. The highest BCUT2D eigenvalue weighted by Crippen LogP contribution is 2.42. The summed E-state index contributed by atoms with van der Waals surface area (Å²) in [6, 6.07) is 0.750. The van der Waals surface area contributed by atoms with Crippen molar-refractivity contribution in [1.29, 1.82) is 5.26 Å². The van der Waals surface area contributed by atoms with E-state index in [1.165, 1.54) is 0 Å². The van der Waals surface area contributed by atoms with Crippen molar-refractivity contribution in [2.24, 2.45) is 11.8 Å². The van der Waals surface area contributed by atoms with Gasteiger partial charge in [0.25, 0.3) is 0 Å². The Morgan fingerprint density at radius 2 is 2.00 bits per heavy atom. The molecule has 5 atom stereocenters. The van der Waals surface area contributed by atoms with E-state index >= 15 is 0 Å². The van der Waals surface area contributed by atoms with Gasteiger partial charge in [-0.1, -0.05) is 12.8 Å². The van der Waals surface area contributed by atoms with E-state index in [0.29, 0.717) is 57.7 Å². The first-order valence-corrected chi connectivity index (χ1v) is 13.0. The lowest BCUT2D eigenvalue weighted by Crippen LogP contribution is -2.57. The molecule has 0 aromatic heterocycles. The summed E-state index contributed by atoms with van der Waals surface area (Å²) < 4.78 is 5.59. The van der Waals surface area contributed by atoms with Crippen LogP contribution in [0, 0.1) is 23.2 Å². The first kappa shape index (κ1) is 25.7. The second-order valence-electron chi connectivity index (χ2n) is 11.6. The summed E-state index contributed by atoms with van der Waals surface area (Å²) in [5.74, 6) is -0.219. The summed E-state index contributed by atoms with van der Waals surface area (Å²) in [4.78, 5) is 43.4. The molecular formula is C25H39N5O5. The highest BCUT2D eigenvalue weighted by atomic mass is 16.6. The number of nitriles is 1. The molecule has 1 saturated carbocycles. The first-order valence-electron chi connectivity index (χ1n) is 13.0. The Hall–Kier alpha value is -2.38. The number of likely N-dealkylation sites (tertiary alicyclic amines) is 2. The Bertz CT molecular complexity index is 878. The number of amides is 3. The van der Waals surface area contributed by atoms with E-state index < -0.39 is 35.5 Å². The van der Waals surface area contributed by atoms with Crippen LogP contribution in [0.15, 0.2) is 0 Å². The molecule has 4 rings (SSSR count). The summed E-state index contributed by atoms with van der Waals surface area (Å²) in [5, 5.41) is 25.5. The van der Waals surface area contributed by atoms with Crippen LogP contribution in [0.5, 0.6) is 0 Å². The minimum atomic E-state index is -0.960. The molecule has 3 aliphatic heterocycles. The molecule has 0 aromatic rings. The Balaban J connectivity index is 1.47. The fourth-order valence-electron chi connectivity index (χ4n) is 5.77. The lowest BCUT2D eigenvalue weighted by atomic mass is 9.94. The lowest BCUT2D eigenvalue weighted by Gasteiger charge is -2.36. The number of hydrogen-bond donors (Lipinski definition) is 3. The van der Waals surface area contributed by atoms with E-state index in [2.05, 4.69) is 16.7 Å². The molecular weight excluding hydrogens is 450 g/mol. The van der Waals surface area contributed by atoms with Gasteiger partial charge in [-0.25, -0.2) is 4.79 Å². The first-order chi connectivity index (χ1) is 16.5. The Labute approximate surface area is 207 Å². The molecule has 1 aliphatic carbocycles. The average molecular weight is 490 g/mol. The molecule has 194 valence electrons. The Morgan fingerprint density at radius 3 is 2.60 bits per heavy atom. The minimum Gasteiger partial charge on any atom is -0.444 e. The SMILES string of the molecule is CC(C)(C)OC(=O)N1CCCC12CCN([C@@H](CC1CC1)C(=O)N[C@H](C#N)C[C@@H]1CCNC1O)C2=O. The summed E-state index contributed by atoms with van der Waals surface area (Å²) in [7, 11) is 0. The van der Waals surface area contributed by atoms with Crippen LogP contribution >= 0.6 is 0 Å². The van der Waals surface area contributed by atoms with E-state index in [9.17, 15) is 24.8 Å². The van der Waals surface area contributed by atoms with E-state index in [1.807, 2.05) is 0 Å². The average Bonchev–Trinajstić information content (AvgIpc) is 3.21. The van der Waals surface area contributed by atoms with Crippen LogP contribution in [-0.4, -0.2) is 81.9 Å². The van der Waals surface area contributed by atoms with Crippen molar-refractivity contribution in [3.63, 3.8) is 0 Å². The van der Waals surface area contributed by atoms with Crippen molar-refractivity contribution in [2.45, 2.75) is 102 Å². The van der Waals surface area contributed by atoms with Gasteiger partial charge in [0, 0.05) is 19.0 Å².